The van der Waals surface area contributed by atoms with Crippen molar-refractivity contribution in [1.29, 1.82) is 0 Å². The van der Waals surface area contributed by atoms with Crippen LogP contribution in [0.1, 0.15) is 51.4 Å². The number of aromatic nitrogens is 2. The van der Waals surface area contributed by atoms with Crippen molar-refractivity contribution < 1.29 is 9.47 Å². The van der Waals surface area contributed by atoms with Crippen molar-refractivity contribution in [3.05, 3.63) is 95.4 Å². The Kier molecular flexibility index (Phi) is 12.4. The quantitative estimate of drug-likeness (QED) is 0.117. The zero-order valence-electron chi connectivity index (χ0n) is 27.3. The fraction of sp³-hybridized carbons (Fsp3) is 0.447. The Morgan fingerprint density at radius 3 is 2.11 bits per heavy atom. The maximum Gasteiger partial charge on any atom is 0.119 e. The van der Waals surface area contributed by atoms with Crippen LogP contribution in [0.4, 0.5) is 0 Å². The van der Waals surface area contributed by atoms with Gasteiger partial charge in [-0.15, -0.1) is 0 Å². The molecule has 1 fully saturated rings. The summed E-state index contributed by atoms with van der Waals surface area (Å²) in [5.74, 6) is 3.55. The number of rotatable bonds is 16. The number of imidazole rings is 1. The van der Waals surface area contributed by atoms with Crippen LogP contribution < -0.4 is 9.47 Å². The molecule has 0 atom stereocenters. The predicted molar refractivity (Wildman–Crippen MR) is 186 cm³/mol. The molecule has 5 rings (SSSR count). The van der Waals surface area contributed by atoms with Crippen LogP contribution in [0.25, 0.3) is 16.9 Å². The first-order chi connectivity index (χ1) is 22.0. The van der Waals surface area contributed by atoms with Gasteiger partial charge in [-0.25, -0.2) is 4.98 Å². The van der Waals surface area contributed by atoms with E-state index in [1.54, 1.807) is 0 Å². The van der Waals surface area contributed by atoms with E-state index in [0.717, 1.165) is 91.3 Å². The molecule has 7 heteroatoms. The maximum atomic E-state index is 6.08. The van der Waals surface area contributed by atoms with E-state index in [-0.39, 0.29) is 0 Å². The summed E-state index contributed by atoms with van der Waals surface area (Å²) >= 11 is 6.01. The third-order valence-electron chi connectivity index (χ3n) is 9.02. The molecule has 4 aromatic rings. The lowest BCUT2D eigenvalue weighted by Crippen LogP contribution is -2.34. The minimum atomic E-state index is 0.617. The standard InChI is InChI=1S/C38H49ClN4O2/c1-4-41(5-2)23-7-26-44-36-18-14-34(15-19-36)43-29-37(40-38(43)28-31-20-24-42(6-3)25-21-31)32-10-16-35(17-11-32)45-27-22-30-8-12-33(39)13-9-30/h8-19,29,31H,4-7,20-28H2,1-3H3. The molecule has 2 heterocycles. The number of halogens is 1. The fourth-order valence-corrected chi connectivity index (χ4v) is 6.20. The number of benzene rings is 3. The molecule has 240 valence electrons. The highest BCUT2D eigenvalue weighted by atomic mass is 35.5. The summed E-state index contributed by atoms with van der Waals surface area (Å²) in [5, 5.41) is 0.755. The molecule has 0 N–H and O–H groups in total. The molecule has 0 radical (unpaired) electrons. The van der Waals surface area contributed by atoms with E-state index in [9.17, 15) is 0 Å². The molecule has 1 saturated heterocycles. The van der Waals surface area contributed by atoms with E-state index in [1.165, 1.54) is 31.5 Å². The molecule has 0 aliphatic carbocycles. The third kappa shape index (κ3) is 9.59. The van der Waals surface area contributed by atoms with Crippen molar-refractivity contribution in [2.45, 2.75) is 52.9 Å². The number of nitrogens with zero attached hydrogens (tertiary/aromatic N) is 4. The van der Waals surface area contributed by atoms with Gasteiger partial charge in [-0.3, -0.25) is 0 Å². The van der Waals surface area contributed by atoms with Gasteiger partial charge >= 0.3 is 0 Å². The summed E-state index contributed by atoms with van der Waals surface area (Å²) in [7, 11) is 0. The number of likely N-dealkylation sites (tertiary alicyclic amines) is 1. The first-order valence-corrected chi connectivity index (χ1v) is 17.2. The van der Waals surface area contributed by atoms with Crippen LogP contribution in [0.2, 0.25) is 5.02 Å². The average Bonchev–Trinajstić information content (AvgIpc) is 3.50. The largest absolute Gasteiger partial charge is 0.494 e. The third-order valence-corrected chi connectivity index (χ3v) is 9.28. The van der Waals surface area contributed by atoms with E-state index >= 15 is 0 Å². The van der Waals surface area contributed by atoms with E-state index in [4.69, 9.17) is 26.1 Å². The molecule has 6 nitrogen and oxygen atoms in total. The Balaban J connectivity index is 1.26. The summed E-state index contributed by atoms with van der Waals surface area (Å²) in [6.45, 7) is 14.7. The molecule has 1 aliphatic heterocycles. The van der Waals surface area contributed by atoms with Crippen molar-refractivity contribution in [1.82, 2.24) is 19.4 Å². The lowest BCUT2D eigenvalue weighted by Gasteiger charge is -2.30. The molecule has 0 saturated carbocycles. The van der Waals surface area contributed by atoms with Crippen molar-refractivity contribution in [2.24, 2.45) is 5.92 Å². The van der Waals surface area contributed by atoms with Gasteiger partial charge in [0.2, 0.25) is 0 Å². The fourth-order valence-electron chi connectivity index (χ4n) is 6.07. The van der Waals surface area contributed by atoms with Crippen LogP contribution in [0.5, 0.6) is 11.5 Å². The molecule has 0 bridgehead atoms. The van der Waals surface area contributed by atoms with E-state index < -0.39 is 0 Å². The molecular weight excluding hydrogens is 580 g/mol. The Morgan fingerprint density at radius 2 is 1.47 bits per heavy atom. The lowest BCUT2D eigenvalue weighted by molar-refractivity contribution is 0.190. The molecule has 0 unspecified atom stereocenters. The number of hydrogen-bond acceptors (Lipinski definition) is 5. The zero-order chi connectivity index (χ0) is 31.4. The Morgan fingerprint density at radius 1 is 0.822 bits per heavy atom. The van der Waals surface area contributed by atoms with Crippen LogP contribution in [-0.2, 0) is 12.8 Å². The minimum absolute atomic E-state index is 0.617. The summed E-state index contributed by atoms with van der Waals surface area (Å²) in [6, 6.07) is 24.7. The molecule has 0 amide bonds. The summed E-state index contributed by atoms with van der Waals surface area (Å²) in [4.78, 5) is 10.2. The molecule has 45 heavy (non-hydrogen) atoms. The highest BCUT2D eigenvalue weighted by Crippen LogP contribution is 2.28. The number of piperidine rings is 1. The van der Waals surface area contributed by atoms with Crippen LogP contribution in [0, 0.1) is 5.92 Å². The SMILES string of the molecule is CCN(CC)CCCOc1ccc(-n2cc(-c3ccc(OCCc4ccc(Cl)cc4)cc3)nc2CC2CCN(CC)CC2)cc1. The monoisotopic (exact) mass is 628 g/mol. The molecule has 0 spiro atoms. The molecule has 1 aliphatic rings. The van der Waals surface area contributed by atoms with Gasteiger partial charge in [0.1, 0.15) is 17.3 Å². The van der Waals surface area contributed by atoms with Gasteiger partial charge < -0.3 is 23.8 Å². The van der Waals surface area contributed by atoms with Crippen LogP contribution in [-0.4, -0.2) is 71.8 Å². The first kappa shape index (κ1) is 33.1. The Bertz CT molecular complexity index is 1420. The van der Waals surface area contributed by atoms with Gasteiger partial charge in [-0.05, 0) is 124 Å². The minimum Gasteiger partial charge on any atom is -0.494 e. The van der Waals surface area contributed by atoms with Crippen molar-refractivity contribution in [2.75, 3.05) is 52.5 Å². The second kappa shape index (κ2) is 16.8. The summed E-state index contributed by atoms with van der Waals surface area (Å²) in [6.07, 6.45) is 7.47. The van der Waals surface area contributed by atoms with Gasteiger partial charge in [0.25, 0.3) is 0 Å². The summed E-state index contributed by atoms with van der Waals surface area (Å²) < 4.78 is 14.4. The van der Waals surface area contributed by atoms with Crippen LogP contribution in [0.15, 0.2) is 79.0 Å². The van der Waals surface area contributed by atoms with E-state index in [2.05, 4.69) is 77.7 Å². The van der Waals surface area contributed by atoms with Crippen molar-refractivity contribution in [3.63, 3.8) is 0 Å². The number of ether oxygens (including phenoxy) is 2. The number of hydrogen-bond donors (Lipinski definition) is 0. The van der Waals surface area contributed by atoms with E-state index in [1.807, 2.05) is 36.4 Å². The smallest absolute Gasteiger partial charge is 0.119 e. The van der Waals surface area contributed by atoms with E-state index in [0.29, 0.717) is 12.5 Å². The zero-order valence-corrected chi connectivity index (χ0v) is 28.0. The van der Waals surface area contributed by atoms with Gasteiger partial charge in [0.05, 0.1) is 18.9 Å². The van der Waals surface area contributed by atoms with Crippen LogP contribution in [0.3, 0.4) is 0 Å². The predicted octanol–water partition coefficient (Wildman–Crippen LogP) is 8.20. The maximum absolute atomic E-state index is 6.08. The lowest BCUT2D eigenvalue weighted by atomic mass is 9.93. The second-order valence-corrected chi connectivity index (χ2v) is 12.4. The average molecular weight is 629 g/mol. The Hall–Kier alpha value is -3.32. The topological polar surface area (TPSA) is 42.8 Å². The highest BCUT2D eigenvalue weighted by molar-refractivity contribution is 6.30. The Labute approximate surface area is 274 Å². The van der Waals surface area contributed by atoms with Crippen LogP contribution >= 0.6 is 11.6 Å². The van der Waals surface area contributed by atoms with Crippen molar-refractivity contribution >= 4 is 11.6 Å². The van der Waals surface area contributed by atoms with Gasteiger partial charge in [0.15, 0.2) is 0 Å². The molecule has 1 aromatic heterocycles. The van der Waals surface area contributed by atoms with Crippen molar-refractivity contribution in [3.8, 4) is 28.4 Å². The second-order valence-electron chi connectivity index (χ2n) is 12.0. The van der Waals surface area contributed by atoms with Gasteiger partial charge in [-0.2, -0.15) is 0 Å². The normalized spacial score (nSPS) is 14.2. The molecule has 3 aromatic carbocycles. The summed E-state index contributed by atoms with van der Waals surface area (Å²) in [5.41, 5.74) is 4.41. The van der Waals surface area contributed by atoms with Gasteiger partial charge in [0, 0.05) is 41.9 Å². The molecular formula is C38H49ClN4O2. The first-order valence-electron chi connectivity index (χ1n) is 16.8. The van der Waals surface area contributed by atoms with Gasteiger partial charge in [-0.1, -0.05) is 44.5 Å². The highest BCUT2D eigenvalue weighted by Gasteiger charge is 2.22.